The third-order valence-corrected chi connectivity index (χ3v) is 4.92. The van der Waals surface area contributed by atoms with Gasteiger partial charge in [-0.3, -0.25) is 4.68 Å². The van der Waals surface area contributed by atoms with Crippen LogP contribution in [0.15, 0.2) is 24.3 Å². The summed E-state index contributed by atoms with van der Waals surface area (Å²) in [6.07, 6.45) is -1.80. The molecular formula is C24H31N3O4. The summed E-state index contributed by atoms with van der Waals surface area (Å²) in [5.74, 6) is 0.295. The van der Waals surface area contributed by atoms with Gasteiger partial charge < -0.3 is 14.2 Å². The van der Waals surface area contributed by atoms with Crippen LogP contribution < -0.4 is 0 Å². The highest BCUT2D eigenvalue weighted by atomic mass is 16.8. The predicted octanol–water partition coefficient (Wildman–Crippen LogP) is 5.26. The highest BCUT2D eigenvalue weighted by Crippen LogP contribution is 2.32. The highest BCUT2D eigenvalue weighted by Gasteiger charge is 2.24. The Balaban J connectivity index is 2.59. The van der Waals surface area contributed by atoms with E-state index in [0.717, 1.165) is 16.8 Å². The largest absolute Gasteiger partial charge is 0.511 e. The molecule has 0 saturated carbocycles. The fraction of sp³-hybridized carbons (Fsp3) is 0.458. The van der Waals surface area contributed by atoms with Gasteiger partial charge in [0.2, 0.25) is 6.29 Å². The molecule has 1 heterocycles. The van der Waals surface area contributed by atoms with Gasteiger partial charge in [-0.1, -0.05) is 45.0 Å². The lowest BCUT2D eigenvalue weighted by Crippen LogP contribution is -2.20. The maximum atomic E-state index is 11.7. The molecular weight excluding hydrogens is 394 g/mol. The molecule has 0 spiro atoms. The first-order valence-electron chi connectivity index (χ1n) is 10.3. The van der Waals surface area contributed by atoms with Crippen molar-refractivity contribution >= 4 is 17.5 Å². The molecule has 1 aromatic heterocycles. The molecule has 0 aliphatic heterocycles. The summed E-state index contributed by atoms with van der Waals surface area (Å²) in [6, 6.07) is 10.1. The molecule has 1 unspecified atom stereocenters. The molecule has 0 saturated heterocycles. The maximum absolute atomic E-state index is 11.7. The van der Waals surface area contributed by atoms with Crippen molar-refractivity contribution in [1.29, 1.82) is 5.26 Å². The van der Waals surface area contributed by atoms with E-state index in [4.69, 9.17) is 14.2 Å². The number of carbonyl (C=O) groups is 1. The number of aromatic nitrogens is 2. The van der Waals surface area contributed by atoms with Gasteiger partial charge >= 0.3 is 6.16 Å². The second kappa shape index (κ2) is 9.69. The predicted molar refractivity (Wildman–Crippen MR) is 119 cm³/mol. The van der Waals surface area contributed by atoms with Crippen LogP contribution in [0.1, 0.15) is 62.7 Å². The molecule has 0 radical (unpaired) electrons. The van der Waals surface area contributed by atoms with E-state index in [2.05, 4.69) is 31.9 Å². The Hall–Kier alpha value is -3.27. The van der Waals surface area contributed by atoms with Crippen molar-refractivity contribution in [2.24, 2.45) is 7.05 Å². The van der Waals surface area contributed by atoms with Gasteiger partial charge in [-0.2, -0.15) is 10.4 Å². The smallest absolute Gasteiger partial charge is 0.451 e. The Labute approximate surface area is 184 Å². The van der Waals surface area contributed by atoms with Crippen molar-refractivity contribution in [2.75, 3.05) is 6.61 Å². The van der Waals surface area contributed by atoms with Crippen LogP contribution in [-0.4, -0.2) is 28.8 Å². The molecule has 0 N–H and O–H groups in total. The van der Waals surface area contributed by atoms with Crippen LogP contribution in [0.2, 0.25) is 0 Å². The molecule has 1 aromatic carbocycles. The van der Waals surface area contributed by atoms with E-state index >= 15 is 0 Å². The third-order valence-electron chi connectivity index (χ3n) is 4.92. The Kier molecular flexibility index (Phi) is 7.50. The Morgan fingerprint density at radius 1 is 1.19 bits per heavy atom. The van der Waals surface area contributed by atoms with Crippen molar-refractivity contribution in [3.63, 3.8) is 0 Å². The van der Waals surface area contributed by atoms with Crippen molar-refractivity contribution in [1.82, 2.24) is 9.78 Å². The zero-order valence-corrected chi connectivity index (χ0v) is 19.6. The Morgan fingerprint density at radius 3 is 2.26 bits per heavy atom. The molecule has 1 atom stereocenters. The number of nitriles is 1. The summed E-state index contributed by atoms with van der Waals surface area (Å²) in [6.45, 7) is 13.7. The normalized spacial score (nSPS) is 13.1. The van der Waals surface area contributed by atoms with Gasteiger partial charge in [0.1, 0.15) is 17.3 Å². The van der Waals surface area contributed by atoms with Gasteiger partial charge in [-0.25, -0.2) is 4.79 Å². The number of aryl methyl sites for hydroxylation is 2. The summed E-state index contributed by atoms with van der Waals surface area (Å²) < 4.78 is 17.7. The quantitative estimate of drug-likeness (QED) is 0.271. The summed E-state index contributed by atoms with van der Waals surface area (Å²) in [5, 5.41) is 14.5. The zero-order chi connectivity index (χ0) is 23.3. The van der Waals surface area contributed by atoms with Gasteiger partial charge in [-0.05, 0) is 37.3 Å². The molecule has 7 heteroatoms. The molecule has 0 aliphatic rings. The van der Waals surface area contributed by atoms with E-state index in [1.54, 1.807) is 25.6 Å². The van der Waals surface area contributed by atoms with Crippen molar-refractivity contribution in [3.8, 4) is 6.07 Å². The van der Waals surface area contributed by atoms with Crippen LogP contribution in [0.25, 0.3) is 11.3 Å². The van der Waals surface area contributed by atoms with Crippen LogP contribution in [0, 0.1) is 25.2 Å². The van der Waals surface area contributed by atoms with Crippen LogP contribution >= 0.6 is 0 Å². The number of rotatable bonds is 6. The monoisotopic (exact) mass is 425 g/mol. The van der Waals surface area contributed by atoms with E-state index in [0.29, 0.717) is 22.6 Å². The van der Waals surface area contributed by atoms with E-state index in [1.165, 1.54) is 0 Å². The van der Waals surface area contributed by atoms with Gasteiger partial charge in [0, 0.05) is 19.5 Å². The first-order chi connectivity index (χ1) is 14.5. The van der Waals surface area contributed by atoms with E-state index in [1.807, 2.05) is 38.1 Å². The number of carbonyl (C=O) groups excluding carboxylic acids is 1. The number of nitrogens with zero attached hydrogens (tertiary/aromatic N) is 3. The third kappa shape index (κ3) is 5.66. The minimum Gasteiger partial charge on any atom is -0.451 e. The standard InChI is InChI=1S/C24H31N3O4/c1-9-29-23(28)31-17(4)30-22(21-15(2)16(3)26-27(21)8)20(14-25)18-10-12-19(13-11-18)24(5,6)7/h10-13,17H,9H2,1-8H3/b22-20-. The van der Waals surface area contributed by atoms with Gasteiger partial charge in [0.25, 0.3) is 0 Å². The minimum atomic E-state index is -0.971. The van der Waals surface area contributed by atoms with E-state index in [9.17, 15) is 10.1 Å². The second-order valence-corrected chi connectivity index (χ2v) is 8.31. The average Bonchev–Trinajstić information content (AvgIpc) is 2.93. The van der Waals surface area contributed by atoms with Crippen LogP contribution in [-0.2, 0) is 26.7 Å². The fourth-order valence-corrected chi connectivity index (χ4v) is 3.18. The molecule has 166 valence electrons. The molecule has 0 amide bonds. The van der Waals surface area contributed by atoms with Gasteiger partial charge in [-0.15, -0.1) is 0 Å². The number of ether oxygens (including phenoxy) is 3. The topological polar surface area (TPSA) is 86.4 Å². The van der Waals surface area contributed by atoms with Crippen LogP contribution in [0.3, 0.4) is 0 Å². The van der Waals surface area contributed by atoms with Gasteiger partial charge in [0.05, 0.1) is 12.3 Å². The fourth-order valence-electron chi connectivity index (χ4n) is 3.18. The van der Waals surface area contributed by atoms with Crippen LogP contribution in [0.4, 0.5) is 4.79 Å². The number of hydrogen-bond acceptors (Lipinski definition) is 6. The van der Waals surface area contributed by atoms with Crippen molar-refractivity contribution in [2.45, 2.75) is 60.2 Å². The molecule has 7 nitrogen and oxygen atoms in total. The molecule has 0 fully saturated rings. The van der Waals surface area contributed by atoms with Crippen molar-refractivity contribution < 1.29 is 19.0 Å². The average molecular weight is 426 g/mol. The lowest BCUT2D eigenvalue weighted by atomic mass is 9.86. The number of benzene rings is 1. The highest BCUT2D eigenvalue weighted by molar-refractivity contribution is 5.94. The van der Waals surface area contributed by atoms with E-state index < -0.39 is 12.4 Å². The Bertz CT molecular complexity index is 1010. The zero-order valence-electron chi connectivity index (χ0n) is 19.6. The summed E-state index contributed by atoms with van der Waals surface area (Å²) >= 11 is 0. The number of hydrogen-bond donors (Lipinski definition) is 0. The maximum Gasteiger partial charge on any atom is 0.511 e. The van der Waals surface area contributed by atoms with Crippen LogP contribution in [0.5, 0.6) is 0 Å². The van der Waals surface area contributed by atoms with E-state index in [-0.39, 0.29) is 12.0 Å². The molecule has 0 aliphatic carbocycles. The summed E-state index contributed by atoms with van der Waals surface area (Å²) in [5.41, 5.74) is 4.51. The molecule has 0 bridgehead atoms. The second-order valence-electron chi connectivity index (χ2n) is 8.31. The lowest BCUT2D eigenvalue weighted by molar-refractivity contribution is -0.0660. The van der Waals surface area contributed by atoms with Crippen molar-refractivity contribution in [3.05, 3.63) is 52.3 Å². The molecule has 2 aromatic rings. The first-order valence-corrected chi connectivity index (χ1v) is 10.3. The Morgan fingerprint density at radius 2 is 1.81 bits per heavy atom. The number of allylic oxidation sites excluding steroid dienone is 1. The summed E-state index contributed by atoms with van der Waals surface area (Å²) in [7, 11) is 1.78. The summed E-state index contributed by atoms with van der Waals surface area (Å²) in [4.78, 5) is 11.7. The lowest BCUT2D eigenvalue weighted by Gasteiger charge is -2.21. The SMILES string of the molecule is CCOC(=O)OC(C)O/C(=C(/C#N)c1ccc(C(C)(C)C)cc1)c1c(C)c(C)nn1C. The first kappa shape index (κ1) is 24.0. The molecule has 2 rings (SSSR count). The minimum absolute atomic E-state index is 0.00783. The molecule has 31 heavy (non-hydrogen) atoms. The van der Waals surface area contributed by atoms with Gasteiger partial charge in [0.15, 0.2) is 5.76 Å².